The minimum absolute atomic E-state index is 0.862. The molecule has 0 bridgehead atoms. The summed E-state index contributed by atoms with van der Waals surface area (Å²) in [6, 6.07) is 44.8. The third-order valence-electron chi connectivity index (χ3n) is 8.96. The summed E-state index contributed by atoms with van der Waals surface area (Å²) in [5.74, 6) is 0. The van der Waals surface area contributed by atoms with E-state index in [2.05, 4.69) is 97.1 Å². The van der Waals surface area contributed by atoms with Crippen LogP contribution < -0.4 is 0 Å². The molecule has 0 aliphatic heterocycles. The lowest BCUT2D eigenvalue weighted by molar-refractivity contribution is 0.615. The fourth-order valence-corrected chi connectivity index (χ4v) is 7.15. The number of furan rings is 3. The maximum Gasteiger partial charge on any atom is 0.143 e. The van der Waals surface area contributed by atoms with E-state index in [0.29, 0.717) is 0 Å². The van der Waals surface area contributed by atoms with E-state index < -0.39 is 0 Å². The summed E-state index contributed by atoms with van der Waals surface area (Å²) in [4.78, 5) is 0. The van der Waals surface area contributed by atoms with Crippen LogP contribution >= 0.6 is 0 Å². The highest BCUT2D eigenvalue weighted by molar-refractivity contribution is 6.26. The molecule has 7 aromatic carbocycles. The van der Waals surface area contributed by atoms with Gasteiger partial charge in [0.15, 0.2) is 0 Å². The second-order valence-corrected chi connectivity index (χ2v) is 11.2. The van der Waals surface area contributed by atoms with Gasteiger partial charge < -0.3 is 13.3 Å². The zero-order valence-electron chi connectivity index (χ0n) is 22.9. The highest BCUT2D eigenvalue weighted by Gasteiger charge is 2.21. The van der Waals surface area contributed by atoms with Gasteiger partial charge in [-0.2, -0.15) is 0 Å². The van der Waals surface area contributed by atoms with Crippen LogP contribution in [0.25, 0.3) is 98.6 Å². The summed E-state index contributed by atoms with van der Waals surface area (Å²) in [7, 11) is 0. The molecule has 0 unspecified atom stereocenters. The minimum atomic E-state index is 0.862. The van der Waals surface area contributed by atoms with Gasteiger partial charge in [0.1, 0.15) is 27.9 Å². The lowest BCUT2D eigenvalue weighted by Crippen LogP contribution is -1.91. The molecule has 3 aromatic heterocycles. The maximum absolute atomic E-state index is 6.65. The van der Waals surface area contributed by atoms with Crippen LogP contribution in [-0.4, -0.2) is 0 Å². The van der Waals surface area contributed by atoms with Gasteiger partial charge in [0.2, 0.25) is 0 Å². The number of benzene rings is 7. The van der Waals surface area contributed by atoms with E-state index in [4.69, 9.17) is 13.3 Å². The third-order valence-corrected chi connectivity index (χ3v) is 8.96. The van der Waals surface area contributed by atoms with Crippen LogP contribution in [0, 0.1) is 0 Å². The zero-order chi connectivity index (χ0) is 28.1. The van der Waals surface area contributed by atoms with E-state index >= 15 is 0 Å². The molecule has 0 radical (unpaired) electrons. The second-order valence-electron chi connectivity index (χ2n) is 11.2. The summed E-state index contributed by atoms with van der Waals surface area (Å²) in [6.45, 7) is 0. The topological polar surface area (TPSA) is 39.4 Å². The van der Waals surface area contributed by atoms with Crippen LogP contribution in [0.1, 0.15) is 0 Å². The van der Waals surface area contributed by atoms with E-state index in [1.165, 1.54) is 32.7 Å². The van der Waals surface area contributed by atoms with Crippen LogP contribution in [0.15, 0.2) is 147 Å². The van der Waals surface area contributed by atoms with Crippen molar-refractivity contribution in [1.29, 1.82) is 0 Å². The normalized spacial score (nSPS) is 12.2. The molecule has 0 saturated carbocycles. The summed E-state index contributed by atoms with van der Waals surface area (Å²) < 4.78 is 18.7. The first kappa shape index (κ1) is 22.8. The molecule has 0 aliphatic rings. The quantitative estimate of drug-likeness (QED) is 0.201. The van der Waals surface area contributed by atoms with E-state index in [0.717, 1.165) is 66.0 Å². The average molecular weight is 551 g/mol. The molecule has 0 fully saturated rings. The average Bonchev–Trinajstić information content (AvgIpc) is 3.78. The molecule has 0 saturated heterocycles. The monoisotopic (exact) mass is 550 g/mol. The molecule has 3 heterocycles. The SMILES string of the molecule is c1ccc2c(c1)oc1cc(-c3c4ccccc4c(-c4cccc5c4oc4ccc6occc6c45)c4ccccc34)ccc12. The molecule has 10 aromatic rings. The lowest BCUT2D eigenvalue weighted by atomic mass is 9.85. The molecule has 0 amide bonds. The van der Waals surface area contributed by atoms with Crippen molar-refractivity contribution in [3.8, 4) is 22.3 Å². The Labute approximate surface area is 245 Å². The van der Waals surface area contributed by atoms with Gasteiger partial charge in [-0.25, -0.2) is 0 Å². The number of rotatable bonds is 2. The van der Waals surface area contributed by atoms with Crippen molar-refractivity contribution >= 4 is 76.4 Å². The van der Waals surface area contributed by atoms with E-state index in [-0.39, 0.29) is 0 Å². The first-order chi connectivity index (χ1) is 21.3. The van der Waals surface area contributed by atoms with Gasteiger partial charge in [0, 0.05) is 38.1 Å². The highest BCUT2D eigenvalue weighted by Crippen LogP contribution is 2.47. The number of fused-ring (bicyclic) bond motifs is 10. The van der Waals surface area contributed by atoms with Gasteiger partial charge in [-0.3, -0.25) is 0 Å². The lowest BCUT2D eigenvalue weighted by Gasteiger charge is -2.17. The Hall–Kier alpha value is -5.80. The summed E-state index contributed by atoms with van der Waals surface area (Å²) in [5.41, 5.74) is 9.01. The molecular weight excluding hydrogens is 528 g/mol. The third kappa shape index (κ3) is 3.08. The number of hydrogen-bond donors (Lipinski definition) is 0. The predicted octanol–water partition coefficient (Wildman–Crippen LogP) is 11.9. The van der Waals surface area contributed by atoms with Gasteiger partial charge in [-0.05, 0) is 69.1 Å². The molecule has 0 atom stereocenters. The minimum Gasteiger partial charge on any atom is -0.464 e. The van der Waals surface area contributed by atoms with Crippen molar-refractivity contribution < 1.29 is 13.3 Å². The summed E-state index contributed by atoms with van der Waals surface area (Å²) in [6.07, 6.45) is 1.75. The van der Waals surface area contributed by atoms with Crippen molar-refractivity contribution in [2.24, 2.45) is 0 Å². The Morgan fingerprint density at radius 1 is 0.372 bits per heavy atom. The van der Waals surface area contributed by atoms with E-state index in [9.17, 15) is 0 Å². The maximum atomic E-state index is 6.65. The van der Waals surface area contributed by atoms with Gasteiger partial charge in [-0.15, -0.1) is 0 Å². The van der Waals surface area contributed by atoms with Gasteiger partial charge >= 0.3 is 0 Å². The largest absolute Gasteiger partial charge is 0.464 e. The van der Waals surface area contributed by atoms with Crippen LogP contribution in [0.4, 0.5) is 0 Å². The van der Waals surface area contributed by atoms with Crippen LogP contribution in [0.5, 0.6) is 0 Å². The van der Waals surface area contributed by atoms with Crippen molar-refractivity contribution in [2.45, 2.75) is 0 Å². The summed E-state index contributed by atoms with van der Waals surface area (Å²) >= 11 is 0. The molecule has 10 rings (SSSR count). The molecular formula is C40H22O3. The Morgan fingerprint density at radius 2 is 1.02 bits per heavy atom. The second kappa shape index (κ2) is 8.37. The van der Waals surface area contributed by atoms with Gasteiger partial charge in [0.05, 0.1) is 6.26 Å². The van der Waals surface area contributed by atoms with Gasteiger partial charge in [0.25, 0.3) is 0 Å². The molecule has 200 valence electrons. The van der Waals surface area contributed by atoms with Crippen LogP contribution in [0.2, 0.25) is 0 Å². The Kier molecular flexibility index (Phi) is 4.45. The first-order valence-corrected chi connectivity index (χ1v) is 14.5. The molecule has 0 N–H and O–H groups in total. The fraction of sp³-hybridized carbons (Fsp3) is 0. The smallest absolute Gasteiger partial charge is 0.143 e. The van der Waals surface area contributed by atoms with Crippen molar-refractivity contribution in [3.05, 3.63) is 134 Å². The summed E-state index contributed by atoms with van der Waals surface area (Å²) in [5, 5.41) is 10.3. The first-order valence-electron chi connectivity index (χ1n) is 14.5. The molecule has 3 nitrogen and oxygen atoms in total. The predicted molar refractivity (Wildman–Crippen MR) is 177 cm³/mol. The molecule has 3 heteroatoms. The fourth-order valence-electron chi connectivity index (χ4n) is 7.15. The number of hydrogen-bond acceptors (Lipinski definition) is 3. The zero-order valence-corrected chi connectivity index (χ0v) is 22.9. The van der Waals surface area contributed by atoms with Crippen molar-refractivity contribution in [2.75, 3.05) is 0 Å². The Morgan fingerprint density at radius 3 is 1.81 bits per heavy atom. The number of para-hydroxylation sites is 2. The molecule has 43 heavy (non-hydrogen) atoms. The highest BCUT2D eigenvalue weighted by atomic mass is 16.3. The van der Waals surface area contributed by atoms with E-state index in [1.54, 1.807) is 6.26 Å². The van der Waals surface area contributed by atoms with Gasteiger partial charge in [-0.1, -0.05) is 91.0 Å². The standard InChI is InChI=1S/C40H22O3/c1-3-11-28-26(9-1)37(23-16-17-25-24-8-5-6-15-34(24)42-36(25)22-23)27-10-2-4-12-29(27)38(28)31-13-7-14-32-39-30-20-21-41-33(30)18-19-35(39)43-40(31)32/h1-22H. The van der Waals surface area contributed by atoms with Crippen LogP contribution in [-0.2, 0) is 0 Å². The Balaban J connectivity index is 1.32. The molecule has 0 aliphatic carbocycles. The molecule has 0 spiro atoms. The van der Waals surface area contributed by atoms with Crippen molar-refractivity contribution in [1.82, 2.24) is 0 Å². The van der Waals surface area contributed by atoms with Crippen molar-refractivity contribution in [3.63, 3.8) is 0 Å². The van der Waals surface area contributed by atoms with E-state index in [1.807, 2.05) is 30.3 Å². The Bertz CT molecular complexity index is 2680. The van der Waals surface area contributed by atoms with Crippen LogP contribution in [0.3, 0.4) is 0 Å².